The van der Waals surface area contributed by atoms with Gasteiger partial charge in [0.05, 0.1) is 26.4 Å². The van der Waals surface area contributed by atoms with E-state index in [1.165, 1.54) is 12.0 Å². The molecule has 4 N–H and O–H groups in total. The van der Waals surface area contributed by atoms with Gasteiger partial charge in [0.2, 0.25) is 17.8 Å². The second-order valence-corrected chi connectivity index (χ2v) is 11.9. The van der Waals surface area contributed by atoms with Crippen LogP contribution in [0.3, 0.4) is 0 Å². The number of nitrogens with one attached hydrogen (secondary N) is 4. The van der Waals surface area contributed by atoms with Crippen molar-refractivity contribution in [3.63, 3.8) is 0 Å². The number of unbranched alkanes of at least 4 members (excludes halogenated alkanes) is 3. The zero-order valence-corrected chi connectivity index (χ0v) is 28.6. The van der Waals surface area contributed by atoms with E-state index in [-0.39, 0.29) is 11.7 Å². The Kier molecular flexibility index (Phi) is 14.2. The molecule has 50 heavy (non-hydrogen) atoms. The average Bonchev–Trinajstić information content (AvgIpc) is 3.61. The van der Waals surface area contributed by atoms with Crippen molar-refractivity contribution >= 4 is 47.1 Å². The molecule has 0 saturated heterocycles. The molecule has 5 rings (SSSR count). The molecule has 0 atom stereocenters. The van der Waals surface area contributed by atoms with Crippen molar-refractivity contribution < 1.29 is 19.1 Å². The smallest absolute Gasteiger partial charge is 0.251 e. The molecule has 1 amide bonds. The predicted octanol–water partition coefficient (Wildman–Crippen LogP) is 6.71. The highest BCUT2D eigenvalue weighted by atomic mass is 16.5. The molecule has 4 aromatic rings. The summed E-state index contributed by atoms with van der Waals surface area (Å²) in [6.07, 6.45) is 7.41. The van der Waals surface area contributed by atoms with Gasteiger partial charge in [0.25, 0.3) is 5.91 Å². The summed E-state index contributed by atoms with van der Waals surface area (Å²) in [4.78, 5) is 42.8. The number of aromatic nitrogens is 3. The Morgan fingerprint density at radius 1 is 0.700 bits per heavy atom. The fourth-order valence-electron chi connectivity index (χ4n) is 5.23. The molecule has 1 aliphatic rings. The Labute approximate surface area is 293 Å². The molecule has 3 aromatic carbocycles. The Morgan fingerprint density at radius 3 is 2.20 bits per heavy atom. The van der Waals surface area contributed by atoms with Crippen LogP contribution in [0.15, 0.2) is 77.8 Å². The van der Waals surface area contributed by atoms with Crippen LogP contribution in [0.2, 0.25) is 0 Å². The van der Waals surface area contributed by atoms with Crippen molar-refractivity contribution in [2.24, 2.45) is 4.99 Å². The number of rotatable bonds is 22. The van der Waals surface area contributed by atoms with Gasteiger partial charge >= 0.3 is 0 Å². The number of carbonyl (C=O) groups excluding carboxylic acids is 2. The van der Waals surface area contributed by atoms with Crippen molar-refractivity contribution in [3.8, 4) is 0 Å². The van der Waals surface area contributed by atoms with E-state index in [1.807, 2.05) is 66.9 Å². The van der Waals surface area contributed by atoms with Gasteiger partial charge in [-0.25, -0.2) is 0 Å². The van der Waals surface area contributed by atoms with E-state index in [9.17, 15) is 9.59 Å². The van der Waals surface area contributed by atoms with E-state index in [0.717, 1.165) is 41.8 Å². The van der Waals surface area contributed by atoms with Crippen molar-refractivity contribution in [3.05, 3.63) is 95.1 Å². The summed E-state index contributed by atoms with van der Waals surface area (Å²) < 4.78 is 11.3. The Morgan fingerprint density at radius 2 is 1.42 bits per heavy atom. The third-order valence-electron chi connectivity index (χ3n) is 7.94. The molecule has 1 aromatic heterocycles. The van der Waals surface area contributed by atoms with Crippen LogP contribution in [0.1, 0.15) is 77.3 Å². The lowest BCUT2D eigenvalue weighted by Crippen LogP contribution is -2.24. The second kappa shape index (κ2) is 19.7. The van der Waals surface area contributed by atoms with Crippen molar-refractivity contribution in [2.75, 3.05) is 55.5 Å². The van der Waals surface area contributed by atoms with Crippen LogP contribution in [0, 0.1) is 0 Å². The first-order valence-corrected chi connectivity index (χ1v) is 17.4. The number of nitrogens with zero attached hydrogens (tertiary/aromatic N) is 4. The lowest BCUT2D eigenvalue weighted by molar-refractivity contribution is 0.0497. The largest absolute Gasteiger partial charge is 0.379 e. The Hall–Kier alpha value is -5.20. The number of amides is 1. The molecule has 1 aliphatic heterocycles. The van der Waals surface area contributed by atoms with Crippen LogP contribution >= 0.6 is 0 Å². The zero-order valence-electron chi connectivity index (χ0n) is 28.6. The number of carbonyl (C=O) groups is 2. The molecule has 0 fully saturated rings. The van der Waals surface area contributed by atoms with Crippen LogP contribution in [0.5, 0.6) is 0 Å². The quantitative estimate of drug-likeness (QED) is 0.0521. The third kappa shape index (κ3) is 11.7. The van der Waals surface area contributed by atoms with Gasteiger partial charge < -0.3 is 30.7 Å². The number of Topliss-reactive ketones (excluding diaryl/α,β-unsaturated/α-hetero) is 1. The lowest BCUT2D eigenvalue weighted by Gasteiger charge is -2.12. The first kappa shape index (κ1) is 36.1. The van der Waals surface area contributed by atoms with E-state index in [0.29, 0.717) is 82.3 Å². The fourth-order valence-corrected chi connectivity index (χ4v) is 5.23. The van der Waals surface area contributed by atoms with E-state index in [4.69, 9.17) is 9.47 Å². The van der Waals surface area contributed by atoms with Crippen LogP contribution in [-0.4, -0.2) is 72.4 Å². The maximum absolute atomic E-state index is 12.6. The Bertz CT molecular complexity index is 1700. The molecular weight excluding hydrogens is 632 g/mol. The molecule has 12 nitrogen and oxygen atoms in total. The van der Waals surface area contributed by atoms with E-state index in [2.05, 4.69) is 48.1 Å². The maximum atomic E-state index is 12.6. The van der Waals surface area contributed by atoms with Crippen molar-refractivity contribution in [1.82, 2.24) is 20.3 Å². The molecule has 2 heterocycles. The summed E-state index contributed by atoms with van der Waals surface area (Å²) >= 11 is 0. The van der Waals surface area contributed by atoms with E-state index in [1.54, 1.807) is 12.1 Å². The van der Waals surface area contributed by atoms with Gasteiger partial charge in [-0.2, -0.15) is 15.0 Å². The number of aliphatic imine (C=N–C) groups is 1. The van der Waals surface area contributed by atoms with Gasteiger partial charge in [0, 0.05) is 54.8 Å². The lowest BCUT2D eigenvalue weighted by atomic mass is 10.1. The molecule has 12 heteroatoms. The van der Waals surface area contributed by atoms with Crippen molar-refractivity contribution in [2.45, 2.75) is 52.0 Å². The summed E-state index contributed by atoms with van der Waals surface area (Å²) in [5.74, 6) is 1.10. The second-order valence-electron chi connectivity index (χ2n) is 11.9. The Balaban J connectivity index is 1.10. The number of hydrogen-bond donors (Lipinski definition) is 4. The molecule has 0 aliphatic carbocycles. The number of anilines is 5. The van der Waals surface area contributed by atoms with Gasteiger partial charge in [0.15, 0.2) is 5.78 Å². The van der Waals surface area contributed by atoms with Gasteiger partial charge in [0.1, 0.15) is 0 Å². The monoisotopic (exact) mass is 678 g/mol. The number of benzene rings is 3. The van der Waals surface area contributed by atoms with E-state index >= 15 is 0 Å². The summed E-state index contributed by atoms with van der Waals surface area (Å²) in [5.41, 5.74) is 5.12. The minimum absolute atomic E-state index is 0.0883. The fraction of sp³-hybridized carbons (Fsp3) is 0.368. The number of fused-ring (bicyclic) bond motifs is 1. The summed E-state index contributed by atoms with van der Waals surface area (Å²) in [5, 5.41) is 12.7. The topological polar surface area (TPSA) is 152 Å². The minimum atomic E-state index is -0.0883. The highest BCUT2D eigenvalue weighted by Gasteiger charge is 2.12. The van der Waals surface area contributed by atoms with E-state index < -0.39 is 0 Å². The molecule has 0 spiro atoms. The summed E-state index contributed by atoms with van der Waals surface area (Å²) in [6, 6.07) is 22.5. The van der Waals surface area contributed by atoms with Crippen molar-refractivity contribution in [1.29, 1.82) is 0 Å². The maximum Gasteiger partial charge on any atom is 0.251 e. The SMILES string of the molecule is CCCCCCNC(=O)c1ccc(Nc2nc(NCCOCCOCCCC(=O)c3ccccc3)nc(Nc3ccc4c(c3)C=NC4)n2)cc1. The summed E-state index contributed by atoms with van der Waals surface area (Å²) in [6.45, 7) is 5.78. The van der Waals surface area contributed by atoms with Gasteiger partial charge in [-0.15, -0.1) is 0 Å². The first-order valence-electron chi connectivity index (χ1n) is 17.4. The highest BCUT2D eigenvalue weighted by Crippen LogP contribution is 2.23. The predicted molar refractivity (Wildman–Crippen MR) is 197 cm³/mol. The normalized spacial score (nSPS) is 11.6. The van der Waals surface area contributed by atoms with Crippen LogP contribution < -0.4 is 21.3 Å². The molecular formula is C38H46N8O4. The number of ether oxygens (including phenoxy) is 2. The van der Waals surface area contributed by atoms with Gasteiger partial charge in [-0.1, -0.05) is 62.6 Å². The zero-order chi connectivity index (χ0) is 34.8. The molecule has 0 bridgehead atoms. The highest BCUT2D eigenvalue weighted by molar-refractivity contribution is 5.96. The van der Waals surface area contributed by atoms with Gasteiger partial charge in [-0.05, 0) is 60.4 Å². The molecule has 262 valence electrons. The number of ketones is 1. The first-order chi connectivity index (χ1) is 24.6. The molecule has 0 saturated carbocycles. The molecule has 0 unspecified atom stereocenters. The van der Waals surface area contributed by atoms with Crippen LogP contribution in [0.25, 0.3) is 0 Å². The number of hydrogen-bond acceptors (Lipinski definition) is 11. The van der Waals surface area contributed by atoms with Crippen LogP contribution in [0.4, 0.5) is 29.2 Å². The molecule has 0 radical (unpaired) electrons. The standard InChI is InChI=1S/C38H46N8O4/c1-2-3-4-8-19-40-35(48)29-13-16-32(17-14-29)42-37-44-36(45-38(46-37)43-33-18-15-30-26-39-27-31(30)25-33)41-20-22-50-24-23-49-21-9-12-34(47)28-10-6-5-7-11-28/h5-7,10-11,13-18,25,27H,2-4,8-9,12,19-24,26H2,1H3,(H,40,48)(H3,41,42,43,44,45,46). The van der Waals surface area contributed by atoms with Crippen LogP contribution in [-0.2, 0) is 16.0 Å². The summed E-state index contributed by atoms with van der Waals surface area (Å²) in [7, 11) is 0. The van der Waals surface area contributed by atoms with Gasteiger partial charge in [-0.3, -0.25) is 14.6 Å². The third-order valence-corrected chi connectivity index (χ3v) is 7.94. The minimum Gasteiger partial charge on any atom is -0.379 e. The average molecular weight is 679 g/mol.